The average molecular weight is 590 g/mol. The Morgan fingerprint density at radius 3 is 2.40 bits per heavy atom. The molecule has 1 unspecified atom stereocenters. The number of hydrogen-bond donors (Lipinski definition) is 2. The highest BCUT2D eigenvalue weighted by molar-refractivity contribution is 5.94. The lowest BCUT2D eigenvalue weighted by Gasteiger charge is -2.42. The van der Waals surface area contributed by atoms with Crippen LogP contribution in [0.4, 0.5) is 0 Å². The minimum atomic E-state index is -1.09. The van der Waals surface area contributed by atoms with Crippen LogP contribution in [-0.4, -0.2) is 49.1 Å². The summed E-state index contributed by atoms with van der Waals surface area (Å²) in [4.78, 5) is 74.8. The topological polar surface area (TPSA) is 174 Å². The van der Waals surface area contributed by atoms with Crippen molar-refractivity contribution in [2.24, 2.45) is 5.73 Å². The molecule has 0 saturated heterocycles. The number of allylic oxidation sites excluding steroid dienone is 1. The molecule has 0 saturated carbocycles. The molecular weight excluding hydrogens is 558 g/mol. The Bertz CT molecular complexity index is 1810. The molecule has 3 aromatic rings. The molecule has 0 fully saturated rings. The highest BCUT2D eigenvalue weighted by Crippen LogP contribution is 2.47. The number of nitrogens with one attached hydrogen (secondary N) is 1. The Labute approximate surface area is 245 Å². The number of nitrogens with two attached hydrogens (primary N) is 1. The summed E-state index contributed by atoms with van der Waals surface area (Å²) in [6, 6.07) is 9.12. The van der Waals surface area contributed by atoms with Gasteiger partial charge in [-0.05, 0) is 69.2 Å². The monoisotopic (exact) mass is 589 g/mol. The summed E-state index contributed by atoms with van der Waals surface area (Å²) < 4.78 is 15.6. The maximum atomic E-state index is 13.8. The molecule has 5 rings (SSSR count). The number of Topliss-reactive ketones (excluding diaryl/α,β-unsaturated/α-hetero) is 1. The average Bonchev–Trinajstić information content (AvgIpc) is 3.19. The molecule has 224 valence electrons. The standard InChI is InChI=1S/C30H31N5O8/c1-16(36)18-5-7-19(8-6-18)34-28(40)33-14-13-22-26(35(33)29(34)41)21-10-9-20(15-24(21)43-30(22,3)4)42-27(39)23(32-17(2)37)11-12-25(31)38/h5-10,13,15,23,26H,11-12,14H2,1-4H3,(H2,31,38)(H,32,37)/t23-,26?/m0/s1. The number of primary amides is 1. The number of nitrogens with zero attached hydrogens (tertiary/aromatic N) is 3. The van der Waals surface area contributed by atoms with Gasteiger partial charge in [0.2, 0.25) is 11.8 Å². The Hall–Kier alpha value is -5.20. The first-order chi connectivity index (χ1) is 20.3. The number of aromatic nitrogens is 3. The van der Waals surface area contributed by atoms with Crippen molar-refractivity contribution in [3.05, 3.63) is 86.2 Å². The molecule has 0 radical (unpaired) electrons. The Balaban J connectivity index is 1.53. The van der Waals surface area contributed by atoms with Gasteiger partial charge in [-0.1, -0.05) is 6.08 Å². The summed E-state index contributed by atoms with van der Waals surface area (Å²) in [5.74, 6) is -1.58. The van der Waals surface area contributed by atoms with Crippen molar-refractivity contribution < 1.29 is 28.7 Å². The quantitative estimate of drug-likeness (QED) is 0.172. The van der Waals surface area contributed by atoms with Gasteiger partial charge in [-0.15, -0.1) is 0 Å². The number of carbonyl (C=O) groups is 4. The zero-order valence-corrected chi connectivity index (χ0v) is 24.1. The molecule has 3 heterocycles. The highest BCUT2D eigenvalue weighted by Gasteiger charge is 2.44. The molecule has 2 aliphatic heterocycles. The molecule has 13 nitrogen and oxygen atoms in total. The molecule has 2 aromatic carbocycles. The Morgan fingerprint density at radius 1 is 1.07 bits per heavy atom. The minimum Gasteiger partial charge on any atom is -0.483 e. The summed E-state index contributed by atoms with van der Waals surface area (Å²) >= 11 is 0. The molecule has 0 spiro atoms. The van der Waals surface area contributed by atoms with Crippen LogP contribution in [0.15, 0.2) is 63.7 Å². The molecule has 1 aromatic heterocycles. The van der Waals surface area contributed by atoms with Crippen LogP contribution in [0.1, 0.15) is 62.5 Å². The van der Waals surface area contributed by atoms with Crippen LogP contribution in [0, 0.1) is 0 Å². The maximum Gasteiger partial charge on any atom is 0.352 e. The van der Waals surface area contributed by atoms with Crippen molar-refractivity contribution in [3.63, 3.8) is 0 Å². The van der Waals surface area contributed by atoms with Crippen molar-refractivity contribution in [2.45, 2.75) is 64.8 Å². The van der Waals surface area contributed by atoms with Gasteiger partial charge < -0.3 is 20.5 Å². The third kappa shape index (κ3) is 5.41. The van der Waals surface area contributed by atoms with Crippen LogP contribution < -0.4 is 31.9 Å². The lowest BCUT2D eigenvalue weighted by molar-refractivity contribution is -0.139. The van der Waals surface area contributed by atoms with E-state index >= 15 is 0 Å². The van der Waals surface area contributed by atoms with Crippen molar-refractivity contribution in [3.8, 4) is 17.2 Å². The summed E-state index contributed by atoms with van der Waals surface area (Å²) in [5.41, 5.74) is 5.33. The summed E-state index contributed by atoms with van der Waals surface area (Å²) in [6.07, 6.45) is 1.70. The molecule has 2 aliphatic rings. The van der Waals surface area contributed by atoms with E-state index in [1.165, 1.54) is 35.3 Å². The largest absolute Gasteiger partial charge is 0.483 e. The fourth-order valence-corrected chi connectivity index (χ4v) is 5.47. The number of rotatable bonds is 8. The number of fused-ring (bicyclic) bond motifs is 5. The number of esters is 1. The Kier molecular flexibility index (Phi) is 7.42. The van der Waals surface area contributed by atoms with Crippen LogP contribution in [0.2, 0.25) is 0 Å². The van der Waals surface area contributed by atoms with Gasteiger partial charge in [-0.3, -0.25) is 14.4 Å². The van der Waals surface area contributed by atoms with Gasteiger partial charge in [-0.2, -0.15) is 0 Å². The summed E-state index contributed by atoms with van der Waals surface area (Å²) in [6.45, 7) is 6.49. The van der Waals surface area contributed by atoms with Crippen LogP contribution >= 0.6 is 0 Å². The molecular formula is C30H31N5O8. The van der Waals surface area contributed by atoms with E-state index in [9.17, 15) is 28.8 Å². The second-order valence-electron chi connectivity index (χ2n) is 11.0. The lowest BCUT2D eigenvalue weighted by Crippen LogP contribution is -2.46. The molecule has 2 amide bonds. The molecule has 0 bridgehead atoms. The van der Waals surface area contributed by atoms with Gasteiger partial charge in [0, 0.05) is 30.5 Å². The third-order valence-electron chi connectivity index (χ3n) is 7.51. The molecule has 0 aliphatic carbocycles. The van der Waals surface area contributed by atoms with Crippen LogP contribution in [-0.2, 0) is 20.9 Å². The SMILES string of the molecule is CC(=O)N[C@@H](CCC(N)=O)C(=O)Oc1ccc2c(c1)OC(C)(C)C1=CCn3c(=O)n(-c4ccc(C(C)=O)cc4)c(=O)n3C12. The van der Waals surface area contributed by atoms with E-state index < -0.39 is 46.8 Å². The number of ketones is 1. The van der Waals surface area contributed by atoms with E-state index in [-0.39, 0.29) is 30.9 Å². The number of hydrogen-bond acceptors (Lipinski definition) is 8. The van der Waals surface area contributed by atoms with E-state index in [1.54, 1.807) is 30.3 Å². The van der Waals surface area contributed by atoms with Gasteiger partial charge in [0.1, 0.15) is 29.2 Å². The van der Waals surface area contributed by atoms with Crippen LogP contribution in [0.5, 0.6) is 11.5 Å². The second-order valence-corrected chi connectivity index (χ2v) is 11.0. The van der Waals surface area contributed by atoms with Gasteiger partial charge >= 0.3 is 17.3 Å². The first-order valence-electron chi connectivity index (χ1n) is 13.6. The summed E-state index contributed by atoms with van der Waals surface area (Å²) in [5, 5.41) is 2.47. The first kappa shape index (κ1) is 29.3. The maximum absolute atomic E-state index is 13.8. The summed E-state index contributed by atoms with van der Waals surface area (Å²) in [7, 11) is 0. The smallest absolute Gasteiger partial charge is 0.352 e. The van der Waals surface area contributed by atoms with E-state index in [0.29, 0.717) is 22.6 Å². The third-order valence-corrected chi connectivity index (χ3v) is 7.51. The second kappa shape index (κ2) is 10.9. The Morgan fingerprint density at radius 2 is 1.77 bits per heavy atom. The zero-order chi connectivity index (χ0) is 31.2. The number of amides is 2. The van der Waals surface area contributed by atoms with E-state index in [2.05, 4.69) is 5.32 Å². The van der Waals surface area contributed by atoms with Gasteiger partial charge in [-0.25, -0.2) is 28.3 Å². The molecule has 3 N–H and O–H groups in total. The van der Waals surface area contributed by atoms with E-state index in [4.69, 9.17) is 15.2 Å². The predicted octanol–water partition coefficient (Wildman–Crippen LogP) is 1.38. The van der Waals surface area contributed by atoms with Crippen molar-refractivity contribution in [1.29, 1.82) is 0 Å². The van der Waals surface area contributed by atoms with Gasteiger partial charge in [0.15, 0.2) is 5.78 Å². The fourth-order valence-electron chi connectivity index (χ4n) is 5.47. The molecule has 2 atom stereocenters. The van der Waals surface area contributed by atoms with Crippen LogP contribution in [0.3, 0.4) is 0 Å². The fraction of sp³-hybridized carbons (Fsp3) is 0.333. The van der Waals surface area contributed by atoms with E-state index in [1.807, 2.05) is 19.9 Å². The highest BCUT2D eigenvalue weighted by atomic mass is 16.5. The van der Waals surface area contributed by atoms with Gasteiger partial charge in [0.05, 0.1) is 12.2 Å². The normalized spacial score (nSPS) is 16.8. The van der Waals surface area contributed by atoms with Crippen molar-refractivity contribution in [1.82, 2.24) is 19.2 Å². The predicted molar refractivity (Wildman–Crippen MR) is 153 cm³/mol. The zero-order valence-electron chi connectivity index (χ0n) is 24.1. The van der Waals surface area contributed by atoms with Crippen molar-refractivity contribution in [2.75, 3.05) is 0 Å². The molecule has 13 heteroatoms. The lowest BCUT2D eigenvalue weighted by atomic mass is 9.83. The van der Waals surface area contributed by atoms with E-state index in [0.717, 1.165) is 10.1 Å². The number of ether oxygens (including phenoxy) is 2. The number of benzene rings is 2. The van der Waals surface area contributed by atoms with Gasteiger partial charge in [0.25, 0.3) is 0 Å². The van der Waals surface area contributed by atoms with Crippen LogP contribution in [0.25, 0.3) is 5.69 Å². The molecule has 43 heavy (non-hydrogen) atoms. The minimum absolute atomic E-state index is 0.0344. The number of carbonyl (C=O) groups excluding carboxylic acids is 4. The van der Waals surface area contributed by atoms with Crippen molar-refractivity contribution >= 4 is 23.6 Å². The first-order valence-corrected chi connectivity index (χ1v) is 13.6.